The van der Waals surface area contributed by atoms with Gasteiger partial charge in [-0.1, -0.05) is 13.8 Å². The van der Waals surface area contributed by atoms with Crippen LogP contribution < -0.4 is 5.32 Å². The van der Waals surface area contributed by atoms with Crippen molar-refractivity contribution in [1.82, 2.24) is 5.32 Å². The van der Waals surface area contributed by atoms with E-state index in [1.54, 1.807) is 12.1 Å². The third-order valence-corrected chi connectivity index (χ3v) is 3.07. The van der Waals surface area contributed by atoms with Gasteiger partial charge in [0.1, 0.15) is 11.8 Å². The number of hydrogen-bond acceptors (Lipinski definition) is 4. The fourth-order valence-electron chi connectivity index (χ4n) is 1.59. The molecule has 0 spiro atoms. The fourth-order valence-corrected chi connectivity index (χ4v) is 1.59. The van der Waals surface area contributed by atoms with Crippen molar-refractivity contribution in [3.8, 4) is 6.07 Å². The summed E-state index contributed by atoms with van der Waals surface area (Å²) in [4.78, 5) is 0. The highest BCUT2D eigenvalue weighted by atomic mass is 16.3. The molecule has 2 N–H and O–H groups in total. The van der Waals surface area contributed by atoms with Gasteiger partial charge in [-0.2, -0.15) is 5.26 Å². The van der Waals surface area contributed by atoms with Crippen LogP contribution in [0.2, 0.25) is 0 Å². The molecule has 1 heterocycles. The molecular formula is C12H18N2O2. The summed E-state index contributed by atoms with van der Waals surface area (Å²) in [5.41, 5.74) is -0.250. The molecule has 0 saturated carbocycles. The maximum Gasteiger partial charge on any atom is 0.203 e. The van der Waals surface area contributed by atoms with Crippen LogP contribution in [0.25, 0.3) is 0 Å². The van der Waals surface area contributed by atoms with Crippen molar-refractivity contribution in [1.29, 1.82) is 5.26 Å². The summed E-state index contributed by atoms with van der Waals surface area (Å²) in [5, 5.41) is 21.3. The maximum absolute atomic E-state index is 9.36. The summed E-state index contributed by atoms with van der Waals surface area (Å²) < 4.78 is 5.26. The number of aliphatic hydroxyl groups excluding tert-OH is 1. The number of nitrogens with zero attached hydrogens (tertiary/aromatic N) is 1. The Morgan fingerprint density at radius 1 is 1.44 bits per heavy atom. The number of furan rings is 1. The second-order valence-electron chi connectivity index (χ2n) is 3.88. The molecule has 4 heteroatoms. The molecule has 1 aromatic heterocycles. The third kappa shape index (κ3) is 2.84. The Morgan fingerprint density at radius 2 is 2.12 bits per heavy atom. The van der Waals surface area contributed by atoms with Crippen LogP contribution in [0, 0.1) is 11.3 Å². The molecule has 0 saturated heterocycles. The van der Waals surface area contributed by atoms with Gasteiger partial charge in [-0.3, -0.25) is 0 Å². The second-order valence-corrected chi connectivity index (χ2v) is 3.88. The maximum atomic E-state index is 9.36. The minimum Gasteiger partial charge on any atom is -0.449 e. The molecule has 0 unspecified atom stereocenters. The molecule has 0 bridgehead atoms. The lowest BCUT2D eigenvalue weighted by atomic mass is 9.94. The molecule has 1 rings (SSSR count). The Bertz CT molecular complexity index is 353. The number of nitrogens with one attached hydrogen (secondary N) is 1. The van der Waals surface area contributed by atoms with E-state index in [1.165, 1.54) is 0 Å². The van der Waals surface area contributed by atoms with Crippen molar-refractivity contribution in [2.24, 2.45) is 0 Å². The predicted octanol–water partition coefficient (Wildman–Crippen LogP) is 1.79. The molecule has 0 aromatic carbocycles. The molecule has 88 valence electrons. The first-order chi connectivity index (χ1) is 7.69. The first kappa shape index (κ1) is 12.8. The minimum atomic E-state index is -0.250. The zero-order valence-corrected chi connectivity index (χ0v) is 9.79. The minimum absolute atomic E-state index is 0.103. The molecule has 0 radical (unpaired) electrons. The van der Waals surface area contributed by atoms with E-state index in [2.05, 4.69) is 5.32 Å². The summed E-state index contributed by atoms with van der Waals surface area (Å²) in [6, 6.07) is 5.37. The summed E-state index contributed by atoms with van der Waals surface area (Å²) in [5.74, 6) is 1.04. The van der Waals surface area contributed by atoms with Gasteiger partial charge in [0, 0.05) is 5.54 Å². The quantitative estimate of drug-likeness (QED) is 0.770. The molecule has 0 aliphatic rings. The standard InChI is InChI=1S/C12H18N2O2/c1-3-12(4-2,9-15)14-8-11-6-5-10(7-13)16-11/h5-6,14-15H,3-4,8-9H2,1-2H3. The van der Waals surface area contributed by atoms with Gasteiger partial charge in [-0.15, -0.1) is 0 Å². The fraction of sp³-hybridized carbons (Fsp3) is 0.583. The highest BCUT2D eigenvalue weighted by molar-refractivity contribution is 5.19. The first-order valence-electron chi connectivity index (χ1n) is 5.54. The van der Waals surface area contributed by atoms with Crippen molar-refractivity contribution in [3.63, 3.8) is 0 Å². The Morgan fingerprint density at radius 3 is 2.56 bits per heavy atom. The molecule has 0 atom stereocenters. The van der Waals surface area contributed by atoms with Crippen LogP contribution in [-0.4, -0.2) is 17.3 Å². The molecule has 16 heavy (non-hydrogen) atoms. The monoisotopic (exact) mass is 222 g/mol. The van der Waals surface area contributed by atoms with Gasteiger partial charge in [0.2, 0.25) is 5.76 Å². The van der Waals surface area contributed by atoms with Crippen molar-refractivity contribution in [2.45, 2.75) is 38.8 Å². The van der Waals surface area contributed by atoms with E-state index in [0.29, 0.717) is 12.3 Å². The van der Waals surface area contributed by atoms with Crippen LogP contribution in [0.3, 0.4) is 0 Å². The van der Waals surface area contributed by atoms with Crippen molar-refractivity contribution >= 4 is 0 Å². The van der Waals surface area contributed by atoms with Gasteiger partial charge >= 0.3 is 0 Å². The van der Waals surface area contributed by atoms with Crippen molar-refractivity contribution < 1.29 is 9.52 Å². The van der Waals surface area contributed by atoms with Gasteiger partial charge < -0.3 is 14.8 Å². The average molecular weight is 222 g/mol. The Labute approximate surface area is 95.9 Å². The largest absolute Gasteiger partial charge is 0.449 e. The van der Waals surface area contributed by atoms with E-state index in [-0.39, 0.29) is 12.1 Å². The van der Waals surface area contributed by atoms with E-state index < -0.39 is 0 Å². The predicted molar refractivity (Wildman–Crippen MR) is 60.7 cm³/mol. The Hall–Kier alpha value is -1.31. The number of hydrogen-bond donors (Lipinski definition) is 2. The second kappa shape index (κ2) is 5.69. The summed E-state index contributed by atoms with van der Waals surface area (Å²) in [6.07, 6.45) is 1.71. The SMILES string of the molecule is CCC(CC)(CO)NCc1ccc(C#N)o1. The van der Waals surface area contributed by atoms with Crippen LogP contribution in [0.15, 0.2) is 16.5 Å². The number of nitriles is 1. The van der Waals surface area contributed by atoms with Crippen molar-refractivity contribution in [2.75, 3.05) is 6.61 Å². The van der Waals surface area contributed by atoms with Gasteiger partial charge in [-0.25, -0.2) is 0 Å². The normalized spacial score (nSPS) is 11.4. The van der Waals surface area contributed by atoms with Gasteiger partial charge in [-0.05, 0) is 25.0 Å². The molecule has 1 aromatic rings. The first-order valence-corrected chi connectivity index (χ1v) is 5.54. The smallest absolute Gasteiger partial charge is 0.203 e. The van der Waals surface area contributed by atoms with E-state index in [9.17, 15) is 5.11 Å². The van der Waals surface area contributed by atoms with E-state index in [4.69, 9.17) is 9.68 Å². The molecule has 0 aliphatic carbocycles. The summed E-state index contributed by atoms with van der Waals surface area (Å²) in [6.45, 7) is 4.71. The van der Waals surface area contributed by atoms with Crippen molar-refractivity contribution in [3.05, 3.63) is 23.7 Å². The van der Waals surface area contributed by atoms with E-state index >= 15 is 0 Å². The summed E-state index contributed by atoms with van der Waals surface area (Å²) >= 11 is 0. The lowest BCUT2D eigenvalue weighted by molar-refractivity contribution is 0.147. The van der Waals surface area contributed by atoms with Crippen LogP contribution >= 0.6 is 0 Å². The average Bonchev–Trinajstić information content (AvgIpc) is 2.80. The lowest BCUT2D eigenvalue weighted by Gasteiger charge is -2.30. The summed E-state index contributed by atoms with van der Waals surface area (Å²) in [7, 11) is 0. The van der Waals surface area contributed by atoms with Crippen LogP contribution in [-0.2, 0) is 6.54 Å². The zero-order chi connectivity index (χ0) is 12.0. The van der Waals surface area contributed by atoms with Crippen LogP contribution in [0.1, 0.15) is 38.2 Å². The van der Waals surface area contributed by atoms with Crippen LogP contribution in [0.4, 0.5) is 0 Å². The molecule has 0 fully saturated rings. The highest BCUT2D eigenvalue weighted by Crippen LogP contribution is 2.16. The molecule has 0 aliphatic heterocycles. The van der Waals surface area contributed by atoms with Crippen LogP contribution in [0.5, 0.6) is 0 Å². The number of aliphatic hydroxyl groups is 1. The highest BCUT2D eigenvalue weighted by Gasteiger charge is 2.24. The molecule has 4 nitrogen and oxygen atoms in total. The zero-order valence-electron chi connectivity index (χ0n) is 9.79. The van der Waals surface area contributed by atoms with Gasteiger partial charge in [0.15, 0.2) is 0 Å². The van der Waals surface area contributed by atoms with Gasteiger partial charge in [0.25, 0.3) is 0 Å². The molecular weight excluding hydrogens is 204 g/mol. The third-order valence-electron chi connectivity index (χ3n) is 3.07. The molecule has 0 amide bonds. The number of rotatable bonds is 6. The lowest BCUT2D eigenvalue weighted by Crippen LogP contribution is -2.46. The topological polar surface area (TPSA) is 69.2 Å². The Kier molecular flexibility index (Phi) is 4.53. The Balaban J connectivity index is 2.59. The van der Waals surface area contributed by atoms with Gasteiger partial charge in [0.05, 0.1) is 13.2 Å². The van der Waals surface area contributed by atoms with E-state index in [0.717, 1.165) is 18.6 Å². The van der Waals surface area contributed by atoms with E-state index in [1.807, 2.05) is 19.9 Å².